The van der Waals surface area contributed by atoms with E-state index in [0.717, 1.165) is 70.6 Å². The molecule has 0 aliphatic carbocycles. The highest BCUT2D eigenvalue weighted by molar-refractivity contribution is 5.81. The fourth-order valence-electron chi connectivity index (χ4n) is 6.89. The first-order valence-electron chi connectivity index (χ1n) is 14.9. The summed E-state index contributed by atoms with van der Waals surface area (Å²) in [7, 11) is 0. The largest absolute Gasteiger partial charge is 0.493 e. The Bertz CT molecular complexity index is 1130. The average molecular weight is 535 g/mol. The number of fused-ring (bicyclic) bond motifs is 1. The molecule has 4 heterocycles. The summed E-state index contributed by atoms with van der Waals surface area (Å²) in [5, 5.41) is 0. The van der Waals surface area contributed by atoms with Crippen LogP contribution < -0.4 is 4.74 Å². The van der Waals surface area contributed by atoms with E-state index in [1.165, 1.54) is 11.1 Å². The van der Waals surface area contributed by atoms with Crippen molar-refractivity contribution in [2.24, 2.45) is 10.4 Å². The van der Waals surface area contributed by atoms with Crippen LogP contribution in [-0.4, -0.2) is 90.2 Å². The minimum atomic E-state index is -0.386. The fraction of sp³-hybridized carbons (Fsp3) is 0.656. The third-order valence-electron chi connectivity index (χ3n) is 9.10. The van der Waals surface area contributed by atoms with Gasteiger partial charge in [-0.15, -0.1) is 0 Å². The van der Waals surface area contributed by atoms with Gasteiger partial charge < -0.3 is 14.5 Å². The van der Waals surface area contributed by atoms with Crippen molar-refractivity contribution in [1.82, 2.24) is 14.7 Å². The number of allylic oxidation sites excluding steroid dienone is 1. The molecule has 1 aromatic rings. The standard InChI is InChI=1S/C32H46N4O3/c1-5-6-14-36(32(4)12-7-13-33-22-32)30(38)21-35-20-26(24-8-9-28-25(17-24)11-16-39-28)18-27(35)10-15-34-23-31(2,3)19-29(34)37/h7-9,12-13,17,26-27H,5-6,10-11,14-16,18-23H2,1-4H3/t26-,27+,32?/m1/s1. The van der Waals surface area contributed by atoms with Crippen LogP contribution in [0, 0.1) is 5.41 Å². The number of benzene rings is 1. The van der Waals surface area contributed by atoms with Crippen molar-refractivity contribution in [3.8, 4) is 5.75 Å². The van der Waals surface area contributed by atoms with Crippen LogP contribution in [-0.2, 0) is 16.0 Å². The molecule has 7 nitrogen and oxygen atoms in total. The van der Waals surface area contributed by atoms with Crippen molar-refractivity contribution in [2.45, 2.75) is 83.7 Å². The number of carbonyl (C=O) groups is 2. The Morgan fingerprint density at radius 3 is 2.82 bits per heavy atom. The van der Waals surface area contributed by atoms with Crippen LogP contribution in [0.2, 0.25) is 0 Å². The van der Waals surface area contributed by atoms with Crippen molar-refractivity contribution in [3.05, 3.63) is 41.5 Å². The predicted molar refractivity (Wildman–Crippen MR) is 155 cm³/mol. The second-order valence-corrected chi connectivity index (χ2v) is 13.0. The maximum Gasteiger partial charge on any atom is 0.237 e. The van der Waals surface area contributed by atoms with Gasteiger partial charge >= 0.3 is 0 Å². The molecule has 1 aromatic carbocycles. The number of rotatable bonds is 10. The summed E-state index contributed by atoms with van der Waals surface area (Å²) in [5.41, 5.74) is 2.30. The van der Waals surface area contributed by atoms with E-state index in [2.05, 4.69) is 66.8 Å². The molecule has 39 heavy (non-hydrogen) atoms. The number of dihydropyridines is 1. The van der Waals surface area contributed by atoms with E-state index in [9.17, 15) is 9.59 Å². The third-order valence-corrected chi connectivity index (χ3v) is 9.10. The summed E-state index contributed by atoms with van der Waals surface area (Å²) >= 11 is 0. The van der Waals surface area contributed by atoms with Gasteiger partial charge in [-0.05, 0) is 60.8 Å². The molecule has 0 spiro atoms. The van der Waals surface area contributed by atoms with Gasteiger partial charge in [0.15, 0.2) is 0 Å². The molecule has 5 rings (SSSR count). The molecule has 2 fully saturated rings. The SMILES string of the molecule is CCCCN(C(=O)CN1C[C@H](c2ccc3c(c2)CCO3)C[C@@H]1CCN1CC(C)(C)CC1=O)C1(C)C=CC=NC1. The summed E-state index contributed by atoms with van der Waals surface area (Å²) in [6.07, 6.45) is 11.5. The predicted octanol–water partition coefficient (Wildman–Crippen LogP) is 4.46. The minimum Gasteiger partial charge on any atom is -0.493 e. The lowest BCUT2D eigenvalue weighted by atomic mass is 9.93. The summed E-state index contributed by atoms with van der Waals surface area (Å²) < 4.78 is 5.75. The number of aliphatic imine (C=N–C) groups is 1. The van der Waals surface area contributed by atoms with Gasteiger partial charge in [-0.3, -0.25) is 19.5 Å². The zero-order valence-electron chi connectivity index (χ0n) is 24.3. The normalized spacial score (nSPS) is 27.7. The van der Waals surface area contributed by atoms with E-state index in [4.69, 9.17) is 4.74 Å². The van der Waals surface area contributed by atoms with Crippen molar-refractivity contribution in [1.29, 1.82) is 0 Å². The van der Waals surface area contributed by atoms with Crippen LogP contribution in [0.1, 0.15) is 76.8 Å². The molecular formula is C32H46N4O3. The van der Waals surface area contributed by atoms with Crippen LogP contribution in [0.3, 0.4) is 0 Å². The van der Waals surface area contributed by atoms with E-state index in [1.807, 2.05) is 17.2 Å². The van der Waals surface area contributed by atoms with Gasteiger partial charge in [0.2, 0.25) is 11.8 Å². The van der Waals surface area contributed by atoms with Crippen molar-refractivity contribution in [2.75, 3.05) is 45.9 Å². The number of hydrogen-bond donors (Lipinski definition) is 0. The average Bonchev–Trinajstić information content (AvgIpc) is 3.59. The van der Waals surface area contributed by atoms with E-state index >= 15 is 0 Å². The van der Waals surface area contributed by atoms with Crippen LogP contribution in [0.4, 0.5) is 0 Å². The Morgan fingerprint density at radius 2 is 2.10 bits per heavy atom. The zero-order chi connectivity index (χ0) is 27.6. The Morgan fingerprint density at radius 1 is 1.26 bits per heavy atom. The van der Waals surface area contributed by atoms with Gasteiger partial charge in [-0.25, -0.2) is 0 Å². The van der Waals surface area contributed by atoms with Crippen LogP contribution in [0.5, 0.6) is 5.75 Å². The number of likely N-dealkylation sites (tertiary alicyclic amines) is 2. The summed E-state index contributed by atoms with van der Waals surface area (Å²) in [4.78, 5) is 37.6. The van der Waals surface area contributed by atoms with E-state index in [0.29, 0.717) is 25.4 Å². The Labute approximate surface area is 234 Å². The van der Waals surface area contributed by atoms with E-state index in [-0.39, 0.29) is 28.8 Å². The van der Waals surface area contributed by atoms with Crippen LogP contribution >= 0.6 is 0 Å². The molecule has 0 bridgehead atoms. The highest BCUT2D eigenvalue weighted by Gasteiger charge is 2.40. The number of carbonyl (C=O) groups excluding carboxylic acids is 2. The lowest BCUT2D eigenvalue weighted by Crippen LogP contribution is -2.55. The molecule has 0 radical (unpaired) electrons. The molecule has 212 valence electrons. The topological polar surface area (TPSA) is 65.5 Å². The quantitative estimate of drug-likeness (QED) is 0.445. The maximum absolute atomic E-state index is 14.0. The molecule has 2 saturated heterocycles. The van der Waals surface area contributed by atoms with Crippen LogP contribution in [0.25, 0.3) is 0 Å². The van der Waals surface area contributed by atoms with Gasteiger partial charge in [-0.1, -0.05) is 45.4 Å². The summed E-state index contributed by atoms with van der Waals surface area (Å²) in [5.74, 6) is 1.83. The number of hydrogen-bond acceptors (Lipinski definition) is 5. The number of ether oxygens (including phenoxy) is 1. The van der Waals surface area contributed by atoms with Gasteiger partial charge in [0.25, 0.3) is 0 Å². The highest BCUT2D eigenvalue weighted by atomic mass is 16.5. The van der Waals surface area contributed by atoms with Crippen molar-refractivity contribution < 1.29 is 14.3 Å². The number of unbranched alkanes of at least 4 members (excludes halogenated alkanes) is 1. The summed E-state index contributed by atoms with van der Waals surface area (Å²) in [6, 6.07) is 6.92. The maximum atomic E-state index is 14.0. The van der Waals surface area contributed by atoms with Crippen molar-refractivity contribution >= 4 is 18.0 Å². The lowest BCUT2D eigenvalue weighted by molar-refractivity contribution is -0.137. The molecule has 0 aromatic heterocycles. The van der Waals surface area contributed by atoms with Crippen LogP contribution in [0.15, 0.2) is 35.3 Å². The first-order valence-corrected chi connectivity index (χ1v) is 14.9. The lowest BCUT2D eigenvalue weighted by Gasteiger charge is -2.40. The Balaban J connectivity index is 1.33. The zero-order valence-corrected chi connectivity index (χ0v) is 24.3. The molecule has 1 unspecified atom stereocenters. The first kappa shape index (κ1) is 27.9. The molecular weight excluding hydrogens is 488 g/mol. The van der Waals surface area contributed by atoms with E-state index < -0.39 is 0 Å². The second-order valence-electron chi connectivity index (χ2n) is 13.0. The van der Waals surface area contributed by atoms with Gasteiger partial charge in [0.05, 0.1) is 25.2 Å². The smallest absolute Gasteiger partial charge is 0.237 e. The number of nitrogens with zero attached hydrogens (tertiary/aromatic N) is 4. The molecule has 0 N–H and O–H groups in total. The second kappa shape index (κ2) is 11.4. The molecule has 2 amide bonds. The van der Waals surface area contributed by atoms with Gasteiger partial charge in [-0.2, -0.15) is 0 Å². The van der Waals surface area contributed by atoms with Gasteiger partial charge in [0.1, 0.15) is 5.75 Å². The highest BCUT2D eigenvalue weighted by Crippen LogP contribution is 2.37. The minimum absolute atomic E-state index is 0.0443. The Hall–Kier alpha value is -2.67. The molecule has 7 heteroatoms. The first-order chi connectivity index (χ1) is 18.7. The molecule has 4 aliphatic rings. The van der Waals surface area contributed by atoms with Gasteiger partial charge in [0, 0.05) is 51.3 Å². The molecule has 3 atom stereocenters. The fourth-order valence-corrected chi connectivity index (χ4v) is 6.89. The molecule has 4 aliphatic heterocycles. The summed E-state index contributed by atoms with van der Waals surface area (Å²) in [6.45, 7) is 13.6. The monoisotopic (exact) mass is 534 g/mol. The van der Waals surface area contributed by atoms with E-state index in [1.54, 1.807) is 0 Å². The third kappa shape index (κ3) is 6.24. The Kier molecular flexibility index (Phi) is 8.18. The molecule has 0 saturated carbocycles. The van der Waals surface area contributed by atoms with Crippen molar-refractivity contribution in [3.63, 3.8) is 0 Å². The number of amides is 2.